The highest BCUT2D eigenvalue weighted by atomic mass is 16.1. The lowest BCUT2D eigenvalue weighted by atomic mass is 9.81. The molecule has 3 nitrogen and oxygen atoms in total. The first-order valence-electron chi connectivity index (χ1n) is 7.38. The van der Waals surface area contributed by atoms with Crippen molar-refractivity contribution in [2.75, 3.05) is 19.6 Å². The summed E-state index contributed by atoms with van der Waals surface area (Å²) in [7, 11) is 0. The number of rotatable bonds is 4. The monoisotopic (exact) mass is 258 g/mol. The lowest BCUT2D eigenvalue weighted by Gasteiger charge is -2.28. The average molecular weight is 258 g/mol. The maximum absolute atomic E-state index is 12.0. The van der Waals surface area contributed by atoms with Gasteiger partial charge >= 0.3 is 0 Å². The van der Waals surface area contributed by atoms with Crippen LogP contribution in [0, 0.1) is 5.92 Å². The molecule has 0 aromatic heterocycles. The van der Waals surface area contributed by atoms with E-state index in [4.69, 9.17) is 0 Å². The lowest BCUT2D eigenvalue weighted by molar-refractivity contribution is -0.121. The van der Waals surface area contributed by atoms with E-state index in [0.29, 0.717) is 18.3 Å². The van der Waals surface area contributed by atoms with Crippen LogP contribution in [-0.2, 0) is 11.2 Å². The summed E-state index contributed by atoms with van der Waals surface area (Å²) >= 11 is 0. The van der Waals surface area contributed by atoms with Crippen LogP contribution in [0.3, 0.4) is 0 Å². The minimum absolute atomic E-state index is 0.216. The highest BCUT2D eigenvalue weighted by Gasteiger charge is 2.23. The number of carbonyl (C=O) groups is 1. The molecule has 1 aromatic carbocycles. The van der Waals surface area contributed by atoms with Crippen LogP contribution in [0.2, 0.25) is 0 Å². The van der Waals surface area contributed by atoms with Crippen molar-refractivity contribution in [1.29, 1.82) is 0 Å². The molecule has 0 radical (unpaired) electrons. The molecule has 0 saturated carbocycles. The molecule has 102 valence electrons. The average Bonchev–Trinajstić information content (AvgIpc) is 2.37. The van der Waals surface area contributed by atoms with E-state index in [2.05, 4.69) is 34.9 Å². The summed E-state index contributed by atoms with van der Waals surface area (Å²) in [6, 6.07) is 8.60. The van der Waals surface area contributed by atoms with Gasteiger partial charge in [0.25, 0.3) is 0 Å². The van der Waals surface area contributed by atoms with E-state index in [0.717, 1.165) is 26.1 Å². The number of hydrogen-bond donors (Lipinski definition) is 2. The summed E-state index contributed by atoms with van der Waals surface area (Å²) in [6.45, 7) is 2.93. The van der Waals surface area contributed by atoms with Gasteiger partial charge in [0.2, 0.25) is 5.91 Å². The van der Waals surface area contributed by atoms with Gasteiger partial charge in [-0.3, -0.25) is 4.79 Å². The van der Waals surface area contributed by atoms with Crippen LogP contribution in [0.4, 0.5) is 0 Å². The molecule has 1 fully saturated rings. The van der Waals surface area contributed by atoms with E-state index >= 15 is 0 Å². The molecule has 0 spiro atoms. The number of hydrogen-bond acceptors (Lipinski definition) is 2. The lowest BCUT2D eigenvalue weighted by Crippen LogP contribution is -2.48. The fourth-order valence-corrected chi connectivity index (χ4v) is 3.11. The normalized spacial score (nSPS) is 22.4. The molecule has 1 aliphatic heterocycles. The third-order valence-electron chi connectivity index (χ3n) is 4.38. The molecule has 1 aliphatic carbocycles. The second kappa shape index (κ2) is 5.74. The molecule has 1 unspecified atom stereocenters. The summed E-state index contributed by atoms with van der Waals surface area (Å²) in [4.78, 5) is 12.0. The van der Waals surface area contributed by atoms with Crippen molar-refractivity contribution in [3.05, 3.63) is 35.4 Å². The zero-order chi connectivity index (χ0) is 13.1. The highest BCUT2D eigenvalue weighted by molar-refractivity contribution is 5.77. The predicted octanol–water partition coefficient (Wildman–Crippen LogP) is 1.83. The van der Waals surface area contributed by atoms with Crippen molar-refractivity contribution in [2.24, 2.45) is 5.92 Å². The molecule has 2 aliphatic rings. The number of amides is 1. The third-order valence-corrected chi connectivity index (χ3v) is 4.38. The second-order valence-corrected chi connectivity index (χ2v) is 5.82. The Kier molecular flexibility index (Phi) is 3.83. The van der Waals surface area contributed by atoms with E-state index in [9.17, 15) is 4.79 Å². The first-order valence-corrected chi connectivity index (χ1v) is 7.38. The Morgan fingerprint density at radius 2 is 2.16 bits per heavy atom. The number of benzene rings is 1. The number of nitrogens with one attached hydrogen (secondary N) is 2. The van der Waals surface area contributed by atoms with Crippen molar-refractivity contribution < 1.29 is 4.79 Å². The summed E-state index contributed by atoms with van der Waals surface area (Å²) in [5, 5.41) is 6.31. The van der Waals surface area contributed by atoms with Gasteiger partial charge in [-0.1, -0.05) is 24.3 Å². The van der Waals surface area contributed by atoms with Gasteiger partial charge in [0, 0.05) is 32.0 Å². The van der Waals surface area contributed by atoms with E-state index in [-0.39, 0.29) is 5.91 Å². The molecule has 1 atom stereocenters. The standard InChI is InChI=1S/C16H22N2O/c19-16(18-11-12-9-17-10-12)8-14-6-3-5-13-4-1-2-7-15(13)14/h1-2,4,7,12,14,17H,3,5-6,8-11H2,(H,18,19). The number of aryl methyl sites for hydroxylation is 1. The van der Waals surface area contributed by atoms with Crippen LogP contribution in [0.5, 0.6) is 0 Å². The summed E-state index contributed by atoms with van der Waals surface area (Å²) in [6.07, 6.45) is 4.18. The SMILES string of the molecule is O=C(CC1CCCc2ccccc21)NCC1CNC1. The van der Waals surface area contributed by atoms with Gasteiger partial charge in [-0.25, -0.2) is 0 Å². The Labute approximate surface area is 114 Å². The van der Waals surface area contributed by atoms with Crippen LogP contribution in [0.25, 0.3) is 0 Å². The molecule has 1 saturated heterocycles. The maximum Gasteiger partial charge on any atom is 0.220 e. The first kappa shape index (κ1) is 12.7. The van der Waals surface area contributed by atoms with Crippen LogP contribution >= 0.6 is 0 Å². The fourth-order valence-electron chi connectivity index (χ4n) is 3.11. The Morgan fingerprint density at radius 3 is 2.95 bits per heavy atom. The molecule has 1 aromatic rings. The minimum Gasteiger partial charge on any atom is -0.356 e. The zero-order valence-corrected chi connectivity index (χ0v) is 11.3. The van der Waals surface area contributed by atoms with Crippen molar-refractivity contribution in [3.8, 4) is 0 Å². The molecule has 19 heavy (non-hydrogen) atoms. The van der Waals surface area contributed by atoms with Crippen LogP contribution in [0.1, 0.15) is 36.3 Å². The Balaban J connectivity index is 1.56. The molecule has 1 heterocycles. The number of fused-ring (bicyclic) bond motifs is 1. The van der Waals surface area contributed by atoms with E-state index < -0.39 is 0 Å². The summed E-state index contributed by atoms with van der Waals surface area (Å²) < 4.78 is 0. The first-order chi connectivity index (χ1) is 9.33. The van der Waals surface area contributed by atoms with Gasteiger partial charge in [0.1, 0.15) is 0 Å². The summed E-state index contributed by atoms with van der Waals surface area (Å²) in [5.74, 6) is 1.28. The smallest absolute Gasteiger partial charge is 0.220 e. The minimum atomic E-state index is 0.216. The fraction of sp³-hybridized carbons (Fsp3) is 0.562. The Bertz CT molecular complexity index is 454. The van der Waals surface area contributed by atoms with Crippen molar-refractivity contribution in [1.82, 2.24) is 10.6 Å². The van der Waals surface area contributed by atoms with Crippen molar-refractivity contribution in [2.45, 2.75) is 31.6 Å². The van der Waals surface area contributed by atoms with E-state index in [1.807, 2.05) is 0 Å². The van der Waals surface area contributed by atoms with Gasteiger partial charge in [0.15, 0.2) is 0 Å². The molecular weight excluding hydrogens is 236 g/mol. The van der Waals surface area contributed by atoms with Crippen LogP contribution in [-0.4, -0.2) is 25.5 Å². The molecule has 3 heteroatoms. The Morgan fingerprint density at radius 1 is 1.32 bits per heavy atom. The van der Waals surface area contributed by atoms with Gasteiger partial charge in [-0.2, -0.15) is 0 Å². The van der Waals surface area contributed by atoms with Crippen LogP contribution in [0.15, 0.2) is 24.3 Å². The molecule has 3 rings (SSSR count). The zero-order valence-electron chi connectivity index (χ0n) is 11.3. The van der Waals surface area contributed by atoms with Crippen molar-refractivity contribution >= 4 is 5.91 Å². The molecule has 2 N–H and O–H groups in total. The Hall–Kier alpha value is -1.35. The third kappa shape index (κ3) is 2.98. The highest BCUT2D eigenvalue weighted by Crippen LogP contribution is 2.33. The molecular formula is C16H22N2O. The largest absolute Gasteiger partial charge is 0.356 e. The second-order valence-electron chi connectivity index (χ2n) is 5.82. The van der Waals surface area contributed by atoms with Crippen molar-refractivity contribution in [3.63, 3.8) is 0 Å². The van der Waals surface area contributed by atoms with E-state index in [1.165, 1.54) is 24.0 Å². The van der Waals surface area contributed by atoms with Gasteiger partial charge < -0.3 is 10.6 Å². The quantitative estimate of drug-likeness (QED) is 0.865. The van der Waals surface area contributed by atoms with Gasteiger partial charge in [-0.15, -0.1) is 0 Å². The summed E-state index contributed by atoms with van der Waals surface area (Å²) in [5.41, 5.74) is 2.84. The number of carbonyl (C=O) groups excluding carboxylic acids is 1. The molecule has 1 amide bonds. The van der Waals surface area contributed by atoms with Gasteiger partial charge in [-0.05, 0) is 36.3 Å². The van der Waals surface area contributed by atoms with Crippen LogP contribution < -0.4 is 10.6 Å². The molecule has 0 bridgehead atoms. The van der Waals surface area contributed by atoms with E-state index in [1.54, 1.807) is 0 Å². The van der Waals surface area contributed by atoms with Gasteiger partial charge in [0.05, 0.1) is 0 Å². The topological polar surface area (TPSA) is 41.1 Å². The maximum atomic E-state index is 12.0. The predicted molar refractivity (Wildman–Crippen MR) is 76.1 cm³/mol.